The molecule has 2 N–H and O–H groups in total. The second-order valence-corrected chi connectivity index (χ2v) is 4.54. The largest absolute Gasteiger partial charge is 0.379 e. The molecule has 16 heavy (non-hydrogen) atoms. The molecule has 0 saturated heterocycles. The molecule has 0 heterocycles. The molecule has 1 aliphatic carbocycles. The molecule has 0 amide bonds. The van der Waals surface area contributed by atoms with Crippen molar-refractivity contribution in [3.05, 3.63) is 0 Å². The van der Waals surface area contributed by atoms with Crippen LogP contribution in [-0.2, 0) is 4.74 Å². The van der Waals surface area contributed by atoms with Crippen LogP contribution in [0.1, 0.15) is 39.5 Å². The Hall–Kier alpha value is -0.770. The molecule has 4 heteroatoms. The van der Waals surface area contributed by atoms with Crippen molar-refractivity contribution in [2.45, 2.75) is 51.7 Å². The minimum absolute atomic E-state index is 0.345. The lowest BCUT2D eigenvalue weighted by Crippen LogP contribution is -2.38. The molecule has 0 aromatic heterocycles. The quantitative estimate of drug-likeness (QED) is 0.394. The standard InChI is InChI=1S/C12H25N3O/c1-10(2)16-9-5-4-8-14-12(13-3)15-11-6-7-11/h10-11H,4-9H2,1-3H3,(H2,13,14,15). The van der Waals surface area contributed by atoms with Crippen molar-refractivity contribution in [1.29, 1.82) is 0 Å². The van der Waals surface area contributed by atoms with E-state index in [0.29, 0.717) is 12.1 Å². The molecule has 0 aromatic rings. The number of hydrogen-bond acceptors (Lipinski definition) is 2. The normalized spacial score (nSPS) is 16.6. The summed E-state index contributed by atoms with van der Waals surface area (Å²) >= 11 is 0. The molecule has 0 aliphatic heterocycles. The fraction of sp³-hybridized carbons (Fsp3) is 0.917. The fourth-order valence-electron chi connectivity index (χ4n) is 1.37. The van der Waals surface area contributed by atoms with Crippen molar-refractivity contribution in [3.63, 3.8) is 0 Å². The van der Waals surface area contributed by atoms with Gasteiger partial charge in [-0.3, -0.25) is 4.99 Å². The highest BCUT2D eigenvalue weighted by molar-refractivity contribution is 5.80. The van der Waals surface area contributed by atoms with Gasteiger partial charge < -0.3 is 15.4 Å². The average Bonchev–Trinajstić information content (AvgIpc) is 3.04. The van der Waals surface area contributed by atoms with E-state index in [9.17, 15) is 0 Å². The third-order valence-electron chi connectivity index (χ3n) is 2.46. The summed E-state index contributed by atoms with van der Waals surface area (Å²) in [6.45, 7) is 5.96. The van der Waals surface area contributed by atoms with Crippen LogP contribution in [0.4, 0.5) is 0 Å². The molecule has 1 saturated carbocycles. The first kappa shape index (κ1) is 13.3. The molecular formula is C12H25N3O. The van der Waals surface area contributed by atoms with Gasteiger partial charge in [0.15, 0.2) is 5.96 Å². The van der Waals surface area contributed by atoms with E-state index in [2.05, 4.69) is 29.5 Å². The van der Waals surface area contributed by atoms with Gasteiger partial charge in [-0.2, -0.15) is 0 Å². The lowest BCUT2D eigenvalue weighted by Gasteiger charge is -2.11. The first-order valence-electron chi connectivity index (χ1n) is 6.31. The van der Waals surface area contributed by atoms with Crippen LogP contribution in [0.15, 0.2) is 4.99 Å². The molecule has 0 radical (unpaired) electrons. The summed E-state index contributed by atoms with van der Waals surface area (Å²) < 4.78 is 5.48. The van der Waals surface area contributed by atoms with Crippen LogP contribution in [0.3, 0.4) is 0 Å². The Labute approximate surface area is 98.9 Å². The van der Waals surface area contributed by atoms with Crippen LogP contribution in [0.5, 0.6) is 0 Å². The van der Waals surface area contributed by atoms with E-state index in [1.165, 1.54) is 12.8 Å². The molecule has 0 aromatic carbocycles. The minimum Gasteiger partial charge on any atom is -0.379 e. The first-order chi connectivity index (χ1) is 7.72. The van der Waals surface area contributed by atoms with Gasteiger partial charge in [0.05, 0.1) is 6.10 Å². The SMILES string of the molecule is CN=C(NCCCCOC(C)C)NC1CC1. The maximum absolute atomic E-state index is 5.48. The predicted molar refractivity (Wildman–Crippen MR) is 67.8 cm³/mol. The van der Waals surface area contributed by atoms with Crippen molar-refractivity contribution in [2.75, 3.05) is 20.2 Å². The van der Waals surface area contributed by atoms with E-state index in [0.717, 1.165) is 32.0 Å². The van der Waals surface area contributed by atoms with E-state index in [1.54, 1.807) is 0 Å². The number of unbranched alkanes of at least 4 members (excludes halogenated alkanes) is 1. The van der Waals surface area contributed by atoms with Crippen LogP contribution in [0.25, 0.3) is 0 Å². The number of nitrogens with zero attached hydrogens (tertiary/aromatic N) is 1. The molecule has 1 rings (SSSR count). The summed E-state index contributed by atoms with van der Waals surface area (Å²) in [4.78, 5) is 4.18. The van der Waals surface area contributed by atoms with E-state index >= 15 is 0 Å². The van der Waals surface area contributed by atoms with Crippen LogP contribution in [0.2, 0.25) is 0 Å². The molecule has 0 spiro atoms. The van der Waals surface area contributed by atoms with E-state index in [1.807, 2.05) is 7.05 Å². The third kappa shape index (κ3) is 6.67. The lowest BCUT2D eigenvalue weighted by atomic mass is 10.3. The summed E-state index contributed by atoms with van der Waals surface area (Å²) in [7, 11) is 1.82. The fourth-order valence-corrected chi connectivity index (χ4v) is 1.37. The Bertz CT molecular complexity index is 212. The highest BCUT2D eigenvalue weighted by Crippen LogP contribution is 2.18. The Balaban J connectivity index is 1.92. The lowest BCUT2D eigenvalue weighted by molar-refractivity contribution is 0.0762. The molecule has 0 unspecified atom stereocenters. The van der Waals surface area contributed by atoms with Crippen molar-refractivity contribution < 1.29 is 4.74 Å². The van der Waals surface area contributed by atoms with Gasteiger partial charge in [-0.05, 0) is 39.5 Å². The Morgan fingerprint density at radius 1 is 1.38 bits per heavy atom. The van der Waals surface area contributed by atoms with Gasteiger partial charge in [-0.15, -0.1) is 0 Å². The Morgan fingerprint density at radius 3 is 2.69 bits per heavy atom. The topological polar surface area (TPSA) is 45.7 Å². The molecule has 94 valence electrons. The molecule has 1 aliphatic rings. The molecule has 4 nitrogen and oxygen atoms in total. The molecule has 0 bridgehead atoms. The third-order valence-corrected chi connectivity index (χ3v) is 2.46. The zero-order valence-electron chi connectivity index (χ0n) is 10.8. The Kier molecular flexibility index (Phi) is 6.23. The summed E-state index contributed by atoms with van der Waals surface area (Å²) in [5.74, 6) is 0.937. The zero-order valence-corrected chi connectivity index (χ0v) is 10.8. The van der Waals surface area contributed by atoms with Crippen LogP contribution < -0.4 is 10.6 Å². The predicted octanol–water partition coefficient (Wildman–Crippen LogP) is 1.52. The van der Waals surface area contributed by atoms with Gasteiger partial charge in [0.1, 0.15) is 0 Å². The second-order valence-electron chi connectivity index (χ2n) is 4.54. The van der Waals surface area contributed by atoms with Crippen LogP contribution in [-0.4, -0.2) is 38.3 Å². The summed E-state index contributed by atoms with van der Waals surface area (Å²) in [5.41, 5.74) is 0. The minimum atomic E-state index is 0.345. The van der Waals surface area contributed by atoms with Gasteiger partial charge in [-0.25, -0.2) is 0 Å². The number of ether oxygens (including phenoxy) is 1. The van der Waals surface area contributed by atoms with Crippen LogP contribution in [0, 0.1) is 0 Å². The zero-order chi connectivity index (χ0) is 11.8. The maximum atomic E-state index is 5.48. The van der Waals surface area contributed by atoms with Gasteiger partial charge in [0.25, 0.3) is 0 Å². The van der Waals surface area contributed by atoms with Crippen molar-refractivity contribution in [2.24, 2.45) is 4.99 Å². The van der Waals surface area contributed by atoms with E-state index in [-0.39, 0.29) is 0 Å². The number of hydrogen-bond donors (Lipinski definition) is 2. The van der Waals surface area contributed by atoms with Crippen molar-refractivity contribution in [1.82, 2.24) is 10.6 Å². The number of aliphatic imine (C=N–C) groups is 1. The second kappa shape index (κ2) is 7.49. The van der Waals surface area contributed by atoms with E-state index < -0.39 is 0 Å². The van der Waals surface area contributed by atoms with Gasteiger partial charge in [0.2, 0.25) is 0 Å². The number of guanidine groups is 1. The molecule has 1 fully saturated rings. The number of rotatable bonds is 7. The van der Waals surface area contributed by atoms with Crippen LogP contribution >= 0.6 is 0 Å². The summed E-state index contributed by atoms with van der Waals surface area (Å²) in [5, 5.41) is 6.67. The average molecular weight is 227 g/mol. The molecule has 0 atom stereocenters. The van der Waals surface area contributed by atoms with E-state index in [4.69, 9.17) is 4.74 Å². The van der Waals surface area contributed by atoms with Gasteiger partial charge in [0, 0.05) is 26.2 Å². The molecular weight excluding hydrogens is 202 g/mol. The highest BCUT2D eigenvalue weighted by atomic mass is 16.5. The first-order valence-corrected chi connectivity index (χ1v) is 6.31. The Morgan fingerprint density at radius 2 is 2.12 bits per heavy atom. The maximum Gasteiger partial charge on any atom is 0.191 e. The highest BCUT2D eigenvalue weighted by Gasteiger charge is 2.21. The van der Waals surface area contributed by atoms with Gasteiger partial charge >= 0.3 is 0 Å². The van der Waals surface area contributed by atoms with Crippen molar-refractivity contribution in [3.8, 4) is 0 Å². The monoisotopic (exact) mass is 227 g/mol. The van der Waals surface area contributed by atoms with Crippen molar-refractivity contribution >= 4 is 5.96 Å². The summed E-state index contributed by atoms with van der Waals surface area (Å²) in [6.07, 6.45) is 5.13. The number of nitrogens with one attached hydrogen (secondary N) is 2. The van der Waals surface area contributed by atoms with Gasteiger partial charge in [-0.1, -0.05) is 0 Å². The summed E-state index contributed by atoms with van der Waals surface area (Å²) in [6, 6.07) is 0.662. The smallest absolute Gasteiger partial charge is 0.191 e.